The Morgan fingerprint density at radius 1 is 1.28 bits per heavy atom. The number of phenolic OH excluding ortho intramolecular Hbond substituents is 1. The predicted molar refractivity (Wildman–Crippen MR) is 75.1 cm³/mol. The Labute approximate surface area is 116 Å². The lowest BCUT2D eigenvalue weighted by Gasteiger charge is -2.18. The third-order valence-corrected chi connectivity index (χ3v) is 5.50. The van der Waals surface area contributed by atoms with Crippen molar-refractivity contribution in [3.8, 4) is 5.75 Å². The molecule has 0 radical (unpaired) electrons. The number of phenols is 1. The van der Waals surface area contributed by atoms with Crippen LogP contribution in [0.15, 0.2) is 16.6 Å². The first-order valence-electron chi connectivity index (χ1n) is 5.78. The van der Waals surface area contributed by atoms with Crippen LogP contribution in [-0.4, -0.2) is 18.3 Å². The Balaban J connectivity index is 3.04. The van der Waals surface area contributed by atoms with Crippen LogP contribution < -0.4 is 0 Å². The molecule has 102 valence electrons. The van der Waals surface area contributed by atoms with E-state index in [1.165, 1.54) is 0 Å². The summed E-state index contributed by atoms with van der Waals surface area (Å²) < 4.78 is 23.7. The van der Waals surface area contributed by atoms with Gasteiger partial charge in [-0.15, -0.1) is 0 Å². The van der Waals surface area contributed by atoms with Gasteiger partial charge in [0.05, 0.1) is 19.4 Å². The molecule has 1 N–H and O–H groups in total. The number of halogens is 1. The van der Waals surface area contributed by atoms with Gasteiger partial charge in [-0.2, -0.15) is 0 Å². The SMILES string of the molecule is CCOP(=O)(Cc1cc(O)cc(C)c1Br)OCC. The smallest absolute Gasteiger partial charge is 0.335 e. The zero-order valence-corrected chi connectivity index (χ0v) is 13.3. The molecule has 0 fully saturated rings. The number of rotatable bonds is 6. The first kappa shape index (κ1) is 15.7. The van der Waals surface area contributed by atoms with E-state index in [9.17, 15) is 9.67 Å². The molecular formula is C12H18BrO4P. The summed E-state index contributed by atoms with van der Waals surface area (Å²) in [4.78, 5) is 0. The summed E-state index contributed by atoms with van der Waals surface area (Å²) >= 11 is 3.43. The van der Waals surface area contributed by atoms with Crippen molar-refractivity contribution in [1.82, 2.24) is 0 Å². The Morgan fingerprint density at radius 3 is 2.33 bits per heavy atom. The molecule has 0 unspecified atom stereocenters. The van der Waals surface area contributed by atoms with Crippen molar-refractivity contribution in [2.75, 3.05) is 13.2 Å². The summed E-state index contributed by atoms with van der Waals surface area (Å²) in [5, 5.41) is 9.58. The van der Waals surface area contributed by atoms with Crippen LogP contribution in [0.4, 0.5) is 0 Å². The molecule has 0 bridgehead atoms. The number of aromatic hydroxyl groups is 1. The van der Waals surface area contributed by atoms with E-state index in [2.05, 4.69) is 15.9 Å². The van der Waals surface area contributed by atoms with E-state index >= 15 is 0 Å². The van der Waals surface area contributed by atoms with Gasteiger partial charge in [0, 0.05) is 4.47 Å². The lowest BCUT2D eigenvalue weighted by Crippen LogP contribution is -2.00. The van der Waals surface area contributed by atoms with Crippen molar-refractivity contribution in [3.63, 3.8) is 0 Å². The molecule has 1 aromatic carbocycles. The summed E-state index contributed by atoms with van der Waals surface area (Å²) in [5.74, 6) is 0.144. The van der Waals surface area contributed by atoms with Crippen molar-refractivity contribution >= 4 is 23.5 Å². The average Bonchev–Trinajstić information content (AvgIpc) is 2.25. The minimum atomic E-state index is -3.15. The molecule has 0 saturated heterocycles. The molecule has 4 nitrogen and oxygen atoms in total. The molecule has 0 amide bonds. The van der Waals surface area contributed by atoms with Gasteiger partial charge >= 0.3 is 7.60 Å². The van der Waals surface area contributed by atoms with Crippen LogP contribution in [0.2, 0.25) is 0 Å². The van der Waals surface area contributed by atoms with Gasteiger partial charge in [-0.25, -0.2) is 0 Å². The first-order valence-corrected chi connectivity index (χ1v) is 8.30. The van der Waals surface area contributed by atoms with Gasteiger partial charge in [0.2, 0.25) is 0 Å². The summed E-state index contributed by atoms with van der Waals surface area (Å²) in [7, 11) is -3.15. The molecule has 0 atom stereocenters. The predicted octanol–water partition coefficient (Wildman–Crippen LogP) is 4.23. The van der Waals surface area contributed by atoms with Crippen molar-refractivity contribution < 1.29 is 18.7 Å². The minimum absolute atomic E-state index is 0.143. The standard InChI is InChI=1S/C12H18BrO4P/c1-4-16-18(15,17-5-2)8-10-7-11(14)6-9(3)12(10)13/h6-7,14H,4-5,8H2,1-3H3. The number of aryl methyl sites for hydroxylation is 1. The van der Waals surface area contributed by atoms with Crippen LogP contribution in [0.5, 0.6) is 5.75 Å². The lowest BCUT2D eigenvalue weighted by atomic mass is 10.1. The Hall–Kier alpha value is -0.350. The van der Waals surface area contributed by atoms with Crippen LogP contribution in [-0.2, 0) is 19.8 Å². The molecule has 0 saturated carbocycles. The van der Waals surface area contributed by atoms with E-state index in [0.29, 0.717) is 13.2 Å². The van der Waals surface area contributed by atoms with Gasteiger partial charge < -0.3 is 14.2 Å². The zero-order chi connectivity index (χ0) is 13.8. The maximum absolute atomic E-state index is 12.4. The van der Waals surface area contributed by atoms with Crippen LogP contribution >= 0.6 is 23.5 Å². The highest BCUT2D eigenvalue weighted by Crippen LogP contribution is 2.52. The average molecular weight is 337 g/mol. The second kappa shape index (κ2) is 6.71. The Morgan fingerprint density at radius 2 is 1.83 bits per heavy atom. The molecule has 0 aliphatic rings. The Kier molecular flexibility index (Phi) is 5.86. The molecule has 6 heteroatoms. The summed E-state index contributed by atoms with van der Waals surface area (Å²) in [6.07, 6.45) is 0.143. The van der Waals surface area contributed by atoms with E-state index in [1.54, 1.807) is 26.0 Å². The molecule has 1 rings (SSSR count). The highest BCUT2D eigenvalue weighted by atomic mass is 79.9. The molecular weight excluding hydrogens is 319 g/mol. The van der Waals surface area contributed by atoms with Crippen LogP contribution in [0.1, 0.15) is 25.0 Å². The van der Waals surface area contributed by atoms with Crippen molar-refractivity contribution in [3.05, 3.63) is 27.7 Å². The second-order valence-electron chi connectivity index (χ2n) is 3.84. The van der Waals surface area contributed by atoms with E-state index in [0.717, 1.165) is 15.6 Å². The largest absolute Gasteiger partial charge is 0.508 e. The van der Waals surface area contributed by atoms with E-state index in [-0.39, 0.29) is 11.9 Å². The van der Waals surface area contributed by atoms with Crippen molar-refractivity contribution in [1.29, 1.82) is 0 Å². The van der Waals surface area contributed by atoms with Crippen LogP contribution in [0.25, 0.3) is 0 Å². The zero-order valence-electron chi connectivity index (χ0n) is 10.8. The molecule has 0 aromatic heterocycles. The third kappa shape index (κ3) is 4.09. The fraction of sp³-hybridized carbons (Fsp3) is 0.500. The van der Waals surface area contributed by atoms with Gasteiger partial charge in [-0.1, -0.05) is 15.9 Å². The lowest BCUT2D eigenvalue weighted by molar-refractivity contribution is 0.219. The minimum Gasteiger partial charge on any atom is -0.508 e. The molecule has 0 aliphatic heterocycles. The second-order valence-corrected chi connectivity index (χ2v) is 6.69. The molecule has 0 spiro atoms. The van der Waals surface area contributed by atoms with Gasteiger partial charge in [0.15, 0.2) is 0 Å². The number of benzene rings is 1. The van der Waals surface area contributed by atoms with Gasteiger partial charge in [0.25, 0.3) is 0 Å². The number of hydrogen-bond donors (Lipinski definition) is 1. The van der Waals surface area contributed by atoms with Gasteiger partial charge in [0.1, 0.15) is 5.75 Å². The maximum atomic E-state index is 12.4. The van der Waals surface area contributed by atoms with Crippen molar-refractivity contribution in [2.24, 2.45) is 0 Å². The Bertz CT molecular complexity index is 452. The maximum Gasteiger partial charge on any atom is 0.335 e. The van der Waals surface area contributed by atoms with Crippen LogP contribution in [0.3, 0.4) is 0 Å². The molecule has 1 aromatic rings. The van der Waals surface area contributed by atoms with E-state index < -0.39 is 7.60 Å². The van der Waals surface area contributed by atoms with Crippen molar-refractivity contribution in [2.45, 2.75) is 26.9 Å². The normalized spacial score (nSPS) is 11.8. The fourth-order valence-electron chi connectivity index (χ4n) is 1.67. The van der Waals surface area contributed by atoms with Gasteiger partial charge in [-0.05, 0) is 44.0 Å². The molecule has 18 heavy (non-hydrogen) atoms. The highest BCUT2D eigenvalue weighted by molar-refractivity contribution is 9.10. The fourth-order valence-corrected chi connectivity index (χ4v) is 3.96. The summed E-state index contributed by atoms with van der Waals surface area (Å²) in [5.41, 5.74) is 1.60. The van der Waals surface area contributed by atoms with Crippen LogP contribution in [0, 0.1) is 6.92 Å². The van der Waals surface area contributed by atoms with E-state index in [4.69, 9.17) is 9.05 Å². The third-order valence-electron chi connectivity index (χ3n) is 2.33. The summed E-state index contributed by atoms with van der Waals surface area (Å²) in [6, 6.07) is 3.21. The quantitative estimate of drug-likeness (QED) is 0.790. The molecule has 0 aliphatic carbocycles. The summed E-state index contributed by atoms with van der Waals surface area (Å²) in [6.45, 7) is 6.06. The topological polar surface area (TPSA) is 55.8 Å². The monoisotopic (exact) mass is 336 g/mol. The molecule has 0 heterocycles. The van der Waals surface area contributed by atoms with E-state index in [1.807, 2.05) is 6.92 Å². The van der Waals surface area contributed by atoms with Gasteiger partial charge in [-0.3, -0.25) is 4.57 Å². The first-order chi connectivity index (χ1) is 8.41. The highest BCUT2D eigenvalue weighted by Gasteiger charge is 2.25. The number of hydrogen-bond acceptors (Lipinski definition) is 4.